The summed E-state index contributed by atoms with van der Waals surface area (Å²) < 4.78 is 18.0. The number of nitrogens with zero attached hydrogens (tertiary/aromatic N) is 2. The van der Waals surface area contributed by atoms with E-state index in [0.717, 1.165) is 16.0 Å². The van der Waals surface area contributed by atoms with Crippen LogP contribution >= 0.6 is 0 Å². The van der Waals surface area contributed by atoms with Crippen molar-refractivity contribution < 1.29 is 19.0 Å². The first-order valence-corrected chi connectivity index (χ1v) is 10.7. The highest BCUT2D eigenvalue weighted by atomic mass is 16.6. The van der Waals surface area contributed by atoms with E-state index in [1.807, 2.05) is 42.5 Å². The lowest BCUT2D eigenvalue weighted by Crippen LogP contribution is -2.29. The molecule has 1 aliphatic rings. The zero-order chi connectivity index (χ0) is 23.3. The largest absolute Gasteiger partial charge is 0.486 e. The Hall–Kier alpha value is -4.59. The van der Waals surface area contributed by atoms with Gasteiger partial charge in [-0.3, -0.25) is 9.59 Å². The molecule has 8 heteroatoms. The van der Waals surface area contributed by atoms with Gasteiger partial charge in [-0.1, -0.05) is 18.2 Å². The lowest BCUT2D eigenvalue weighted by atomic mass is 10.1. The van der Waals surface area contributed by atoms with Gasteiger partial charge in [0, 0.05) is 17.3 Å². The molecule has 1 aromatic heterocycles. The average molecular weight is 455 g/mol. The first-order chi connectivity index (χ1) is 16.6. The SMILES string of the molecule is O=C(Cn1nc(-c2ccc3c(c2)OCCO3)ccc1=O)Nc1ccc(Oc2ccccc2)cc1. The van der Waals surface area contributed by atoms with Crippen LogP contribution in [-0.4, -0.2) is 28.9 Å². The summed E-state index contributed by atoms with van der Waals surface area (Å²) >= 11 is 0. The zero-order valence-electron chi connectivity index (χ0n) is 18.1. The summed E-state index contributed by atoms with van der Waals surface area (Å²) in [5, 5.41) is 7.14. The molecule has 0 saturated carbocycles. The Morgan fingerprint density at radius 2 is 1.62 bits per heavy atom. The Morgan fingerprint density at radius 1 is 0.882 bits per heavy atom. The van der Waals surface area contributed by atoms with E-state index in [1.54, 1.807) is 36.4 Å². The molecule has 3 aromatic carbocycles. The summed E-state index contributed by atoms with van der Waals surface area (Å²) in [5.74, 6) is 2.30. The summed E-state index contributed by atoms with van der Waals surface area (Å²) in [6.07, 6.45) is 0. The predicted molar refractivity (Wildman–Crippen MR) is 127 cm³/mol. The smallest absolute Gasteiger partial charge is 0.267 e. The van der Waals surface area contributed by atoms with E-state index in [4.69, 9.17) is 14.2 Å². The molecule has 4 aromatic rings. The molecular weight excluding hydrogens is 434 g/mol. The molecule has 2 heterocycles. The summed E-state index contributed by atoms with van der Waals surface area (Å²) in [5.41, 5.74) is 1.52. The number of benzene rings is 3. The van der Waals surface area contributed by atoms with E-state index < -0.39 is 0 Å². The van der Waals surface area contributed by atoms with E-state index >= 15 is 0 Å². The molecule has 0 spiro atoms. The highest BCUT2D eigenvalue weighted by Gasteiger charge is 2.14. The third-order valence-electron chi connectivity index (χ3n) is 5.11. The zero-order valence-corrected chi connectivity index (χ0v) is 18.1. The maximum absolute atomic E-state index is 12.6. The van der Waals surface area contributed by atoms with Crippen molar-refractivity contribution in [1.82, 2.24) is 9.78 Å². The van der Waals surface area contributed by atoms with Crippen LogP contribution in [0.2, 0.25) is 0 Å². The van der Waals surface area contributed by atoms with Gasteiger partial charge < -0.3 is 19.5 Å². The maximum Gasteiger partial charge on any atom is 0.267 e. The number of amides is 1. The fourth-order valence-electron chi connectivity index (χ4n) is 3.49. The monoisotopic (exact) mass is 455 g/mol. The number of aromatic nitrogens is 2. The van der Waals surface area contributed by atoms with Crippen LogP contribution < -0.4 is 25.1 Å². The van der Waals surface area contributed by atoms with Crippen molar-refractivity contribution in [1.29, 1.82) is 0 Å². The molecule has 0 radical (unpaired) electrons. The Labute approximate surface area is 195 Å². The Kier molecular flexibility index (Phi) is 5.94. The second-order valence-electron chi connectivity index (χ2n) is 7.56. The summed E-state index contributed by atoms with van der Waals surface area (Å²) in [7, 11) is 0. The van der Waals surface area contributed by atoms with Gasteiger partial charge in [-0.15, -0.1) is 0 Å². The number of ether oxygens (including phenoxy) is 3. The molecule has 5 rings (SSSR count). The Balaban J connectivity index is 1.26. The molecule has 1 amide bonds. The number of rotatable bonds is 6. The molecule has 8 nitrogen and oxygen atoms in total. The number of carbonyl (C=O) groups is 1. The van der Waals surface area contributed by atoms with Gasteiger partial charge in [0.25, 0.3) is 5.56 Å². The van der Waals surface area contributed by atoms with Crippen LogP contribution in [0.25, 0.3) is 11.3 Å². The number of nitrogens with one attached hydrogen (secondary N) is 1. The average Bonchev–Trinajstić information content (AvgIpc) is 2.87. The standard InChI is InChI=1S/C26H21N3O5/c30-25(27-19-7-9-21(10-8-19)34-20-4-2-1-3-5-20)17-29-26(31)13-11-22(28-29)18-6-12-23-24(16-18)33-15-14-32-23/h1-13,16H,14-15,17H2,(H,27,30). The molecular formula is C26H21N3O5. The summed E-state index contributed by atoms with van der Waals surface area (Å²) in [6, 6.07) is 24.9. The van der Waals surface area contributed by atoms with Gasteiger partial charge in [0.1, 0.15) is 31.3 Å². The van der Waals surface area contributed by atoms with Gasteiger partial charge in [-0.25, -0.2) is 4.68 Å². The highest BCUT2D eigenvalue weighted by molar-refractivity contribution is 5.90. The van der Waals surface area contributed by atoms with Gasteiger partial charge in [0.2, 0.25) is 5.91 Å². The van der Waals surface area contributed by atoms with Crippen molar-refractivity contribution in [2.75, 3.05) is 18.5 Å². The number of carbonyl (C=O) groups excluding carboxylic acids is 1. The van der Waals surface area contributed by atoms with Gasteiger partial charge in [0.15, 0.2) is 11.5 Å². The molecule has 0 unspecified atom stereocenters. The summed E-state index contributed by atoms with van der Waals surface area (Å²) in [4.78, 5) is 24.9. The third kappa shape index (κ3) is 4.91. The van der Waals surface area contributed by atoms with Crippen LogP contribution in [-0.2, 0) is 11.3 Å². The Morgan fingerprint density at radius 3 is 2.41 bits per heavy atom. The molecule has 0 aliphatic carbocycles. The van der Waals surface area contributed by atoms with Crippen molar-refractivity contribution in [2.24, 2.45) is 0 Å². The van der Waals surface area contributed by atoms with Crippen molar-refractivity contribution in [3.05, 3.63) is 95.3 Å². The molecule has 0 atom stereocenters. The molecule has 1 aliphatic heterocycles. The quantitative estimate of drug-likeness (QED) is 0.470. The first-order valence-electron chi connectivity index (χ1n) is 10.7. The van der Waals surface area contributed by atoms with E-state index in [0.29, 0.717) is 41.8 Å². The molecule has 0 fully saturated rings. The van der Waals surface area contributed by atoms with Crippen LogP contribution in [0.5, 0.6) is 23.0 Å². The minimum absolute atomic E-state index is 0.223. The second-order valence-corrected chi connectivity index (χ2v) is 7.56. The van der Waals surface area contributed by atoms with Gasteiger partial charge >= 0.3 is 0 Å². The lowest BCUT2D eigenvalue weighted by Gasteiger charge is -2.18. The predicted octanol–water partition coefficient (Wildman–Crippen LogP) is 4.11. The van der Waals surface area contributed by atoms with Crippen LogP contribution in [0.1, 0.15) is 0 Å². The van der Waals surface area contributed by atoms with Crippen molar-refractivity contribution in [3.8, 4) is 34.3 Å². The third-order valence-corrected chi connectivity index (χ3v) is 5.11. The van der Waals surface area contributed by atoms with E-state index in [1.165, 1.54) is 6.07 Å². The molecule has 34 heavy (non-hydrogen) atoms. The lowest BCUT2D eigenvalue weighted by molar-refractivity contribution is -0.117. The first kappa shape index (κ1) is 21.3. The van der Waals surface area contributed by atoms with Gasteiger partial charge in [-0.05, 0) is 60.7 Å². The minimum atomic E-state index is -0.372. The van der Waals surface area contributed by atoms with Crippen LogP contribution in [0.3, 0.4) is 0 Å². The van der Waals surface area contributed by atoms with Crippen molar-refractivity contribution in [3.63, 3.8) is 0 Å². The van der Waals surface area contributed by atoms with Crippen LogP contribution in [0.15, 0.2) is 89.7 Å². The molecule has 1 N–H and O–H groups in total. The highest BCUT2D eigenvalue weighted by Crippen LogP contribution is 2.33. The number of hydrogen-bond donors (Lipinski definition) is 1. The molecule has 170 valence electrons. The second kappa shape index (κ2) is 9.50. The minimum Gasteiger partial charge on any atom is -0.486 e. The van der Waals surface area contributed by atoms with Gasteiger partial charge in [-0.2, -0.15) is 5.10 Å². The molecule has 0 saturated heterocycles. The fraction of sp³-hybridized carbons (Fsp3) is 0.115. The van der Waals surface area contributed by atoms with Crippen LogP contribution in [0, 0.1) is 0 Å². The topological polar surface area (TPSA) is 91.7 Å². The van der Waals surface area contributed by atoms with Crippen LogP contribution in [0.4, 0.5) is 5.69 Å². The Bertz CT molecular complexity index is 1370. The summed E-state index contributed by atoms with van der Waals surface area (Å²) in [6.45, 7) is 0.760. The van der Waals surface area contributed by atoms with E-state index in [-0.39, 0.29) is 18.0 Å². The van der Waals surface area contributed by atoms with Crippen molar-refractivity contribution in [2.45, 2.75) is 6.54 Å². The molecule has 0 bridgehead atoms. The fourth-order valence-corrected chi connectivity index (χ4v) is 3.49. The number of fused-ring (bicyclic) bond motifs is 1. The normalized spacial score (nSPS) is 12.1. The maximum atomic E-state index is 12.6. The van der Waals surface area contributed by atoms with E-state index in [2.05, 4.69) is 10.4 Å². The number of para-hydroxylation sites is 1. The van der Waals surface area contributed by atoms with E-state index in [9.17, 15) is 9.59 Å². The van der Waals surface area contributed by atoms with Gasteiger partial charge in [0.05, 0.1) is 5.69 Å². The number of anilines is 1. The number of hydrogen-bond acceptors (Lipinski definition) is 6. The van der Waals surface area contributed by atoms with Crippen molar-refractivity contribution >= 4 is 11.6 Å².